The maximum absolute atomic E-state index is 3.92. The average Bonchev–Trinajstić information content (AvgIpc) is 2.40. The lowest BCUT2D eigenvalue weighted by molar-refractivity contribution is 0.130. The van der Waals surface area contributed by atoms with Crippen molar-refractivity contribution in [2.45, 2.75) is 77.5 Å². The first-order valence-electron chi connectivity index (χ1n) is 8.30. The zero-order chi connectivity index (χ0) is 13.8. The van der Waals surface area contributed by atoms with Crippen LogP contribution >= 0.6 is 0 Å². The highest BCUT2D eigenvalue weighted by Crippen LogP contribution is 2.17. The maximum Gasteiger partial charge on any atom is 0.00940 e. The molecule has 0 atom stereocenters. The molecule has 1 N–H and O–H groups in total. The van der Waals surface area contributed by atoms with Crippen molar-refractivity contribution in [3.05, 3.63) is 0 Å². The largest absolute Gasteiger partial charge is 0.311 e. The van der Waals surface area contributed by atoms with E-state index < -0.39 is 0 Å². The van der Waals surface area contributed by atoms with Gasteiger partial charge in [0.05, 0.1) is 0 Å². The van der Waals surface area contributed by atoms with Crippen molar-refractivity contribution < 1.29 is 0 Å². The quantitative estimate of drug-likeness (QED) is 0.843. The summed E-state index contributed by atoms with van der Waals surface area (Å²) in [5, 5.41) is 3.92. The molecule has 0 unspecified atom stereocenters. The Kier molecular flexibility index (Phi) is 5.67. The fourth-order valence-electron chi connectivity index (χ4n) is 3.50. The van der Waals surface area contributed by atoms with Gasteiger partial charge in [0.2, 0.25) is 0 Å². The van der Waals surface area contributed by atoms with Crippen LogP contribution in [0, 0.1) is 0 Å². The fraction of sp³-hybridized carbons (Fsp3) is 1.00. The maximum atomic E-state index is 3.92. The van der Waals surface area contributed by atoms with Crippen LogP contribution in [-0.2, 0) is 0 Å². The van der Waals surface area contributed by atoms with Crippen LogP contribution in [0.25, 0.3) is 0 Å². The van der Waals surface area contributed by atoms with Gasteiger partial charge in [-0.15, -0.1) is 0 Å². The van der Waals surface area contributed by atoms with Crippen molar-refractivity contribution in [2.24, 2.45) is 0 Å². The summed E-state index contributed by atoms with van der Waals surface area (Å²) >= 11 is 0. The molecule has 2 heterocycles. The van der Waals surface area contributed by atoms with Crippen LogP contribution in [0.3, 0.4) is 0 Å². The van der Waals surface area contributed by atoms with E-state index in [1.165, 1.54) is 51.9 Å². The number of hydrogen-bond acceptors (Lipinski definition) is 3. The minimum Gasteiger partial charge on any atom is -0.311 e. The van der Waals surface area contributed by atoms with Crippen LogP contribution in [0.15, 0.2) is 0 Å². The predicted molar refractivity (Wildman–Crippen MR) is 82.6 cm³/mol. The summed E-state index contributed by atoms with van der Waals surface area (Å²) in [6.45, 7) is 14.4. The third-order valence-corrected chi connectivity index (χ3v) is 4.99. The van der Waals surface area contributed by atoms with Gasteiger partial charge in [-0.25, -0.2) is 0 Å². The average molecular weight is 267 g/mol. The van der Waals surface area contributed by atoms with Crippen molar-refractivity contribution in [3.8, 4) is 0 Å². The lowest BCUT2D eigenvalue weighted by Gasteiger charge is -2.39. The summed E-state index contributed by atoms with van der Waals surface area (Å²) < 4.78 is 0. The molecule has 0 amide bonds. The van der Waals surface area contributed by atoms with E-state index in [4.69, 9.17) is 0 Å². The van der Waals surface area contributed by atoms with E-state index in [0.717, 1.165) is 24.2 Å². The van der Waals surface area contributed by atoms with Gasteiger partial charge in [-0.3, -0.25) is 0 Å². The minimum absolute atomic E-state index is 0.718. The molecule has 0 aromatic heterocycles. The van der Waals surface area contributed by atoms with Gasteiger partial charge in [0.15, 0.2) is 0 Å². The molecule has 2 aliphatic heterocycles. The Morgan fingerprint density at radius 1 is 0.684 bits per heavy atom. The molecular weight excluding hydrogens is 234 g/mol. The lowest BCUT2D eigenvalue weighted by Crippen LogP contribution is -2.51. The zero-order valence-corrected chi connectivity index (χ0v) is 13.4. The van der Waals surface area contributed by atoms with Crippen LogP contribution < -0.4 is 5.32 Å². The second kappa shape index (κ2) is 7.05. The molecule has 2 aliphatic rings. The number of piperidine rings is 2. The highest BCUT2D eigenvalue weighted by atomic mass is 15.2. The Bertz CT molecular complexity index is 223. The lowest BCUT2D eigenvalue weighted by atomic mass is 9.98. The molecule has 3 nitrogen and oxygen atoms in total. The van der Waals surface area contributed by atoms with Gasteiger partial charge in [0.1, 0.15) is 0 Å². The fourth-order valence-corrected chi connectivity index (χ4v) is 3.50. The standard InChI is InChI=1S/C16H33N3/c1-13(2)18-9-5-15(6-10-18)17-16-7-11-19(12-8-16)14(3)4/h13-17H,5-12H2,1-4H3. The summed E-state index contributed by atoms with van der Waals surface area (Å²) in [6.07, 6.45) is 5.34. The molecule has 0 aromatic rings. The van der Waals surface area contributed by atoms with E-state index in [1.54, 1.807) is 0 Å². The highest BCUT2D eigenvalue weighted by molar-refractivity contribution is 4.85. The number of nitrogens with zero attached hydrogens (tertiary/aromatic N) is 2. The predicted octanol–water partition coefficient (Wildman–Crippen LogP) is 2.32. The molecule has 112 valence electrons. The molecule has 0 aromatic carbocycles. The van der Waals surface area contributed by atoms with Gasteiger partial charge in [0, 0.05) is 24.2 Å². The second-order valence-corrected chi connectivity index (χ2v) is 6.97. The first-order valence-corrected chi connectivity index (χ1v) is 8.30. The van der Waals surface area contributed by atoms with Gasteiger partial charge in [-0.1, -0.05) is 0 Å². The van der Waals surface area contributed by atoms with Gasteiger partial charge in [-0.05, 0) is 79.6 Å². The van der Waals surface area contributed by atoms with E-state index in [2.05, 4.69) is 42.8 Å². The normalized spacial score (nSPS) is 25.6. The molecule has 2 saturated heterocycles. The van der Waals surface area contributed by atoms with Crippen LogP contribution in [0.4, 0.5) is 0 Å². The van der Waals surface area contributed by atoms with Gasteiger partial charge < -0.3 is 15.1 Å². The van der Waals surface area contributed by atoms with Gasteiger partial charge >= 0.3 is 0 Å². The summed E-state index contributed by atoms with van der Waals surface area (Å²) in [5.74, 6) is 0. The molecule has 3 heteroatoms. The van der Waals surface area contributed by atoms with Gasteiger partial charge in [0.25, 0.3) is 0 Å². The summed E-state index contributed by atoms with van der Waals surface area (Å²) in [4.78, 5) is 5.22. The number of likely N-dealkylation sites (tertiary alicyclic amines) is 2. The minimum atomic E-state index is 0.718. The van der Waals surface area contributed by atoms with Crippen LogP contribution in [-0.4, -0.2) is 60.1 Å². The number of nitrogens with one attached hydrogen (secondary N) is 1. The third-order valence-electron chi connectivity index (χ3n) is 4.99. The van der Waals surface area contributed by atoms with Crippen molar-refractivity contribution in [3.63, 3.8) is 0 Å². The Morgan fingerprint density at radius 2 is 1.00 bits per heavy atom. The Morgan fingerprint density at radius 3 is 1.26 bits per heavy atom. The summed E-state index contributed by atoms with van der Waals surface area (Å²) in [6, 6.07) is 2.97. The topological polar surface area (TPSA) is 18.5 Å². The summed E-state index contributed by atoms with van der Waals surface area (Å²) in [5.41, 5.74) is 0. The molecule has 2 rings (SSSR count). The zero-order valence-electron chi connectivity index (χ0n) is 13.4. The number of hydrogen-bond donors (Lipinski definition) is 1. The van der Waals surface area contributed by atoms with Crippen molar-refractivity contribution in [1.82, 2.24) is 15.1 Å². The molecule has 0 radical (unpaired) electrons. The van der Waals surface area contributed by atoms with E-state index in [-0.39, 0.29) is 0 Å². The molecular formula is C16H33N3. The third kappa shape index (κ3) is 4.44. The van der Waals surface area contributed by atoms with Crippen LogP contribution in [0.1, 0.15) is 53.4 Å². The van der Waals surface area contributed by atoms with E-state index >= 15 is 0 Å². The monoisotopic (exact) mass is 267 g/mol. The molecule has 0 bridgehead atoms. The van der Waals surface area contributed by atoms with Crippen molar-refractivity contribution >= 4 is 0 Å². The molecule has 0 spiro atoms. The summed E-state index contributed by atoms with van der Waals surface area (Å²) in [7, 11) is 0. The molecule has 19 heavy (non-hydrogen) atoms. The first-order chi connectivity index (χ1) is 9.06. The van der Waals surface area contributed by atoms with Crippen LogP contribution in [0.5, 0.6) is 0 Å². The highest BCUT2D eigenvalue weighted by Gasteiger charge is 2.25. The van der Waals surface area contributed by atoms with E-state index in [1.807, 2.05) is 0 Å². The Labute approximate surface area is 119 Å². The Hall–Kier alpha value is -0.120. The molecule has 0 saturated carbocycles. The molecule has 0 aliphatic carbocycles. The van der Waals surface area contributed by atoms with Crippen LogP contribution in [0.2, 0.25) is 0 Å². The van der Waals surface area contributed by atoms with E-state index in [0.29, 0.717) is 0 Å². The SMILES string of the molecule is CC(C)N1CCC(NC2CCN(C(C)C)CC2)CC1. The smallest absolute Gasteiger partial charge is 0.00940 e. The Balaban J connectivity index is 1.67. The second-order valence-electron chi connectivity index (χ2n) is 6.97. The van der Waals surface area contributed by atoms with Crippen molar-refractivity contribution in [2.75, 3.05) is 26.2 Å². The van der Waals surface area contributed by atoms with Crippen molar-refractivity contribution in [1.29, 1.82) is 0 Å². The molecule has 2 fully saturated rings. The first kappa shape index (κ1) is 15.3. The van der Waals surface area contributed by atoms with Gasteiger partial charge in [-0.2, -0.15) is 0 Å². The number of rotatable bonds is 4. The van der Waals surface area contributed by atoms with E-state index in [9.17, 15) is 0 Å².